The second-order valence-electron chi connectivity index (χ2n) is 8.76. The van der Waals surface area contributed by atoms with E-state index < -0.39 is 23.1 Å². The first-order valence-corrected chi connectivity index (χ1v) is 9.26. The molecule has 26 heavy (non-hydrogen) atoms. The Bertz CT molecular complexity index is 653. The Balaban J connectivity index is 2.20. The summed E-state index contributed by atoms with van der Waals surface area (Å²) in [4.78, 5) is 24.3. The number of aryl methyl sites for hydroxylation is 2. The lowest BCUT2D eigenvalue weighted by Gasteiger charge is -2.31. The molecule has 0 heterocycles. The fourth-order valence-electron chi connectivity index (χ4n) is 3.44. The number of hydrogen-bond donors (Lipinski definition) is 2. The van der Waals surface area contributed by atoms with Crippen molar-refractivity contribution in [2.24, 2.45) is 11.3 Å². The van der Waals surface area contributed by atoms with Crippen molar-refractivity contribution in [2.75, 3.05) is 6.54 Å². The highest BCUT2D eigenvalue weighted by Crippen LogP contribution is 2.42. The molecule has 1 aromatic carbocycles. The van der Waals surface area contributed by atoms with E-state index >= 15 is 0 Å². The fourth-order valence-corrected chi connectivity index (χ4v) is 3.44. The van der Waals surface area contributed by atoms with Crippen molar-refractivity contribution in [1.82, 2.24) is 5.32 Å². The highest BCUT2D eigenvalue weighted by molar-refractivity contribution is 5.77. The predicted molar refractivity (Wildman–Crippen MR) is 101 cm³/mol. The van der Waals surface area contributed by atoms with Crippen LogP contribution in [-0.4, -0.2) is 29.3 Å². The first-order chi connectivity index (χ1) is 12.0. The van der Waals surface area contributed by atoms with Crippen LogP contribution in [0.15, 0.2) is 18.2 Å². The van der Waals surface area contributed by atoms with E-state index in [9.17, 15) is 14.7 Å². The van der Waals surface area contributed by atoms with Crippen LogP contribution < -0.4 is 5.32 Å². The summed E-state index contributed by atoms with van der Waals surface area (Å²) in [5.41, 5.74) is 1.60. The summed E-state index contributed by atoms with van der Waals surface area (Å²) >= 11 is 0. The average Bonchev–Trinajstić information content (AvgIpc) is 3.25. The van der Waals surface area contributed by atoms with Gasteiger partial charge < -0.3 is 15.2 Å². The molecule has 1 amide bonds. The number of carboxylic acids is 1. The summed E-state index contributed by atoms with van der Waals surface area (Å²) in [6, 6.07) is 6.14. The Kier molecular flexibility index (Phi) is 5.99. The Morgan fingerprint density at radius 3 is 2.19 bits per heavy atom. The van der Waals surface area contributed by atoms with Crippen molar-refractivity contribution >= 4 is 12.1 Å². The summed E-state index contributed by atoms with van der Waals surface area (Å²) in [6.45, 7) is 9.46. The molecule has 0 saturated heterocycles. The molecule has 0 aromatic heterocycles. The molecule has 0 spiro atoms. The van der Waals surface area contributed by atoms with Gasteiger partial charge in [0, 0.05) is 6.54 Å². The number of carbonyl (C=O) groups is 2. The van der Waals surface area contributed by atoms with Crippen molar-refractivity contribution in [3.05, 3.63) is 34.9 Å². The molecular weight excluding hydrogens is 330 g/mol. The quantitative estimate of drug-likeness (QED) is 0.761. The number of aliphatic carboxylic acids is 1. The number of nitrogens with one attached hydrogen (secondary N) is 1. The lowest BCUT2D eigenvalue weighted by Crippen LogP contribution is -2.46. The number of ether oxygens (including phenoxy) is 1. The monoisotopic (exact) mass is 361 g/mol. The van der Waals surface area contributed by atoms with E-state index in [2.05, 4.69) is 11.4 Å². The minimum atomic E-state index is -1.02. The molecule has 0 aliphatic heterocycles. The van der Waals surface area contributed by atoms with Crippen LogP contribution in [-0.2, 0) is 16.0 Å². The van der Waals surface area contributed by atoms with Crippen LogP contribution in [0.3, 0.4) is 0 Å². The van der Waals surface area contributed by atoms with Crippen LogP contribution in [0, 0.1) is 25.2 Å². The van der Waals surface area contributed by atoms with Gasteiger partial charge in [-0.2, -0.15) is 0 Å². The molecule has 0 radical (unpaired) electrons. The standard InChI is InChI=1S/C21H31NO4/c1-14-8-15(2)10-17(9-14)12-21(18(23)24,11-16-6-7-16)13-22-19(25)26-20(3,4)5/h8-10,16H,6-7,11-13H2,1-5H3,(H,22,25)(H,23,24). The largest absolute Gasteiger partial charge is 0.481 e. The van der Waals surface area contributed by atoms with E-state index in [-0.39, 0.29) is 6.54 Å². The van der Waals surface area contributed by atoms with Crippen molar-refractivity contribution < 1.29 is 19.4 Å². The van der Waals surface area contributed by atoms with Crippen LogP contribution in [0.5, 0.6) is 0 Å². The third-order valence-electron chi connectivity index (χ3n) is 4.62. The number of rotatable bonds is 7. The highest BCUT2D eigenvalue weighted by Gasteiger charge is 2.44. The second kappa shape index (κ2) is 7.68. The van der Waals surface area contributed by atoms with Gasteiger partial charge in [-0.1, -0.05) is 42.2 Å². The summed E-state index contributed by atoms with van der Waals surface area (Å²) in [5.74, 6) is -0.433. The maximum Gasteiger partial charge on any atom is 0.407 e. The number of carboxylic acid groups (broad SMARTS) is 1. The van der Waals surface area contributed by atoms with E-state index in [0.717, 1.165) is 29.5 Å². The number of hydrogen-bond acceptors (Lipinski definition) is 3. The zero-order chi connectivity index (χ0) is 19.5. The van der Waals surface area contributed by atoms with Gasteiger partial charge in [0.2, 0.25) is 0 Å². The molecule has 5 heteroatoms. The molecule has 0 bridgehead atoms. The van der Waals surface area contributed by atoms with Crippen molar-refractivity contribution in [3.63, 3.8) is 0 Å². The van der Waals surface area contributed by atoms with Gasteiger partial charge in [-0.25, -0.2) is 4.79 Å². The van der Waals surface area contributed by atoms with Crippen molar-refractivity contribution in [1.29, 1.82) is 0 Å². The minimum absolute atomic E-state index is 0.0702. The number of carbonyl (C=O) groups excluding carboxylic acids is 1. The normalized spacial score (nSPS) is 16.7. The third kappa shape index (κ3) is 6.04. The van der Waals surface area contributed by atoms with E-state index in [0.29, 0.717) is 18.8 Å². The van der Waals surface area contributed by atoms with E-state index in [1.807, 2.05) is 26.0 Å². The van der Waals surface area contributed by atoms with E-state index in [1.54, 1.807) is 20.8 Å². The second-order valence-corrected chi connectivity index (χ2v) is 8.76. The van der Waals surface area contributed by atoms with Gasteiger partial charge in [0.25, 0.3) is 0 Å². The van der Waals surface area contributed by atoms with Gasteiger partial charge in [-0.05, 0) is 58.9 Å². The first-order valence-electron chi connectivity index (χ1n) is 9.26. The molecule has 2 rings (SSSR count). The molecule has 144 valence electrons. The molecule has 1 saturated carbocycles. The zero-order valence-electron chi connectivity index (χ0n) is 16.5. The SMILES string of the molecule is Cc1cc(C)cc(CC(CNC(=O)OC(C)(C)C)(CC2CC2)C(=O)O)c1. The Labute approximate surface area is 156 Å². The zero-order valence-corrected chi connectivity index (χ0v) is 16.5. The van der Waals surface area contributed by atoms with Crippen LogP contribution in [0.25, 0.3) is 0 Å². The average molecular weight is 361 g/mol. The van der Waals surface area contributed by atoms with Crippen molar-refractivity contribution in [3.8, 4) is 0 Å². The van der Waals surface area contributed by atoms with Crippen LogP contribution >= 0.6 is 0 Å². The molecule has 5 nitrogen and oxygen atoms in total. The molecule has 1 aliphatic rings. The summed E-state index contributed by atoms with van der Waals surface area (Å²) < 4.78 is 5.28. The summed E-state index contributed by atoms with van der Waals surface area (Å²) in [7, 11) is 0. The molecule has 1 fully saturated rings. The van der Waals surface area contributed by atoms with Crippen LogP contribution in [0.1, 0.15) is 56.7 Å². The van der Waals surface area contributed by atoms with E-state index in [4.69, 9.17) is 4.74 Å². The fraction of sp³-hybridized carbons (Fsp3) is 0.619. The molecular formula is C21H31NO4. The molecule has 1 aromatic rings. The number of alkyl carbamates (subject to hydrolysis) is 1. The van der Waals surface area contributed by atoms with Gasteiger partial charge in [-0.3, -0.25) is 4.79 Å². The van der Waals surface area contributed by atoms with Crippen LogP contribution in [0.4, 0.5) is 4.79 Å². The number of amides is 1. The maximum atomic E-state index is 12.3. The lowest BCUT2D eigenvalue weighted by molar-refractivity contribution is -0.149. The van der Waals surface area contributed by atoms with Gasteiger partial charge >= 0.3 is 12.1 Å². The Morgan fingerprint density at radius 2 is 1.73 bits per heavy atom. The van der Waals surface area contributed by atoms with E-state index in [1.165, 1.54) is 0 Å². The van der Waals surface area contributed by atoms with Gasteiger partial charge in [0.1, 0.15) is 5.60 Å². The highest BCUT2D eigenvalue weighted by atomic mass is 16.6. The molecule has 2 N–H and O–H groups in total. The number of benzene rings is 1. The molecule has 1 unspecified atom stereocenters. The van der Waals surface area contributed by atoms with Gasteiger partial charge in [-0.15, -0.1) is 0 Å². The summed E-state index contributed by atoms with van der Waals surface area (Å²) in [6.07, 6.45) is 2.53. The molecule has 1 aliphatic carbocycles. The van der Waals surface area contributed by atoms with Gasteiger partial charge in [0.15, 0.2) is 0 Å². The molecule has 1 atom stereocenters. The van der Waals surface area contributed by atoms with Crippen molar-refractivity contribution in [2.45, 2.75) is 65.9 Å². The topological polar surface area (TPSA) is 75.6 Å². The smallest absolute Gasteiger partial charge is 0.407 e. The third-order valence-corrected chi connectivity index (χ3v) is 4.62. The lowest BCUT2D eigenvalue weighted by atomic mass is 9.76. The first kappa shape index (κ1) is 20.3. The minimum Gasteiger partial charge on any atom is -0.481 e. The maximum absolute atomic E-state index is 12.3. The Hall–Kier alpha value is -2.04. The van der Waals surface area contributed by atoms with Gasteiger partial charge in [0.05, 0.1) is 5.41 Å². The van der Waals surface area contributed by atoms with Crippen LogP contribution in [0.2, 0.25) is 0 Å². The predicted octanol–water partition coefficient (Wildman–Crippen LogP) is 4.24. The summed E-state index contributed by atoms with van der Waals surface area (Å²) in [5, 5.41) is 12.8. The Morgan fingerprint density at radius 1 is 1.15 bits per heavy atom.